The molecular weight excluding hydrogens is 492 g/mol. The molecule has 7 nitrogen and oxygen atoms in total. The molecule has 0 aliphatic heterocycles. The van der Waals surface area contributed by atoms with Crippen LogP contribution in [0.15, 0.2) is 97.1 Å². The van der Waals surface area contributed by atoms with E-state index in [2.05, 4.69) is 23.5 Å². The highest BCUT2D eigenvalue weighted by Gasteiger charge is 2.28. The first-order valence-electron chi connectivity index (χ1n) is 12.6. The molecule has 0 heterocycles. The number of esters is 1. The number of benzene rings is 4. The van der Waals surface area contributed by atoms with E-state index in [-0.39, 0.29) is 12.5 Å². The molecule has 0 unspecified atom stereocenters. The van der Waals surface area contributed by atoms with Crippen molar-refractivity contribution >= 4 is 23.7 Å². The van der Waals surface area contributed by atoms with E-state index >= 15 is 0 Å². The number of methoxy groups -OCH3 is 1. The minimum Gasteiger partial charge on any atom is -0.465 e. The van der Waals surface area contributed by atoms with Crippen LogP contribution in [-0.4, -0.2) is 32.1 Å². The van der Waals surface area contributed by atoms with Gasteiger partial charge in [0.1, 0.15) is 12.6 Å². The maximum Gasteiger partial charge on any atom is 0.408 e. The number of rotatable bonds is 7. The number of likely N-dealkylation sites (N-methyl/N-ethyl adjacent to an activating group) is 1. The van der Waals surface area contributed by atoms with Gasteiger partial charge >= 0.3 is 12.1 Å². The van der Waals surface area contributed by atoms with Crippen LogP contribution in [0.5, 0.6) is 0 Å². The molecule has 0 saturated heterocycles. The van der Waals surface area contributed by atoms with Crippen molar-refractivity contribution in [1.82, 2.24) is 5.32 Å². The largest absolute Gasteiger partial charge is 0.465 e. The van der Waals surface area contributed by atoms with Crippen LogP contribution < -0.4 is 10.2 Å². The highest BCUT2D eigenvalue weighted by atomic mass is 16.5. The van der Waals surface area contributed by atoms with E-state index in [1.807, 2.05) is 30.3 Å². The molecule has 1 aliphatic rings. The lowest BCUT2D eigenvalue weighted by molar-refractivity contribution is -0.120. The molecule has 4 aromatic rings. The second-order valence-corrected chi connectivity index (χ2v) is 9.28. The Labute approximate surface area is 227 Å². The van der Waals surface area contributed by atoms with Crippen molar-refractivity contribution in [3.63, 3.8) is 0 Å². The lowest BCUT2D eigenvalue weighted by atomic mass is 10.0. The molecule has 196 valence electrons. The summed E-state index contributed by atoms with van der Waals surface area (Å²) in [5.41, 5.74) is 7.25. The molecule has 1 atom stereocenters. The van der Waals surface area contributed by atoms with Crippen LogP contribution in [0.1, 0.15) is 38.7 Å². The molecule has 1 N–H and O–H groups in total. The molecule has 0 bridgehead atoms. The van der Waals surface area contributed by atoms with E-state index in [0.717, 1.165) is 23.1 Å². The predicted octanol–water partition coefficient (Wildman–Crippen LogP) is 5.67. The molecule has 0 saturated carbocycles. The van der Waals surface area contributed by atoms with Gasteiger partial charge in [-0.2, -0.15) is 0 Å². The Morgan fingerprint density at radius 2 is 1.54 bits per heavy atom. The molecule has 39 heavy (non-hydrogen) atoms. The molecule has 1 aliphatic carbocycles. The van der Waals surface area contributed by atoms with E-state index in [0.29, 0.717) is 16.8 Å². The number of hydrogen-bond acceptors (Lipinski definition) is 5. The van der Waals surface area contributed by atoms with E-state index in [4.69, 9.17) is 9.47 Å². The van der Waals surface area contributed by atoms with Crippen LogP contribution in [0.4, 0.5) is 10.5 Å². The molecule has 4 aromatic carbocycles. The second-order valence-electron chi connectivity index (χ2n) is 9.28. The average Bonchev–Trinajstić information content (AvgIpc) is 3.37. The number of ether oxygens (including phenoxy) is 2. The van der Waals surface area contributed by atoms with Crippen molar-refractivity contribution < 1.29 is 23.9 Å². The number of hydrogen-bond donors (Lipinski definition) is 1. The monoisotopic (exact) mass is 520 g/mol. The van der Waals surface area contributed by atoms with Crippen LogP contribution in [0, 0.1) is 0 Å². The number of fused-ring (bicyclic) bond motifs is 3. The lowest BCUT2D eigenvalue weighted by Crippen LogP contribution is -2.41. The van der Waals surface area contributed by atoms with E-state index in [9.17, 15) is 14.4 Å². The minimum absolute atomic E-state index is 0.0868. The summed E-state index contributed by atoms with van der Waals surface area (Å²) < 4.78 is 10.4. The van der Waals surface area contributed by atoms with Crippen molar-refractivity contribution in [2.75, 3.05) is 19.1 Å². The molecule has 0 aromatic heterocycles. The van der Waals surface area contributed by atoms with Gasteiger partial charge in [0.25, 0.3) is 5.91 Å². The Balaban J connectivity index is 1.30. The Kier molecular flexibility index (Phi) is 7.41. The summed E-state index contributed by atoms with van der Waals surface area (Å²) in [6.07, 6.45) is 0.0944. The van der Waals surface area contributed by atoms with Gasteiger partial charge in [-0.25, -0.2) is 9.59 Å². The Morgan fingerprint density at radius 3 is 2.28 bits per heavy atom. The first kappa shape index (κ1) is 25.7. The summed E-state index contributed by atoms with van der Waals surface area (Å²) in [7, 11) is 2.93. The summed E-state index contributed by atoms with van der Waals surface area (Å²) in [5, 5.41) is 2.75. The zero-order valence-electron chi connectivity index (χ0n) is 21.7. The molecule has 7 heteroatoms. The summed E-state index contributed by atoms with van der Waals surface area (Å²) in [6.45, 7) is 0.0868. The third-order valence-electron chi connectivity index (χ3n) is 6.95. The Hall–Kier alpha value is -4.91. The number of amides is 2. The predicted molar refractivity (Wildman–Crippen MR) is 148 cm³/mol. The maximum atomic E-state index is 13.6. The highest BCUT2D eigenvalue weighted by Crippen LogP contribution is 2.38. The van der Waals surface area contributed by atoms with Crippen LogP contribution in [0.2, 0.25) is 0 Å². The summed E-state index contributed by atoms with van der Waals surface area (Å²) in [6, 6.07) is 28.8. The smallest absolute Gasteiger partial charge is 0.408 e. The SMILES string of the molecule is COC(=O)c1ccc(N(C)C(=O)[C@@H](NC(=O)OCc2cccc3c2Cc2ccccc2-3)c2ccccc2)cc1. The van der Waals surface area contributed by atoms with Gasteiger partial charge in [0.2, 0.25) is 0 Å². The van der Waals surface area contributed by atoms with Gasteiger partial charge in [-0.15, -0.1) is 0 Å². The van der Waals surface area contributed by atoms with Crippen molar-refractivity contribution in [2.24, 2.45) is 0 Å². The number of nitrogens with zero attached hydrogens (tertiary/aromatic N) is 1. The molecular formula is C32H28N2O5. The normalized spacial score (nSPS) is 12.1. The van der Waals surface area contributed by atoms with Crippen molar-refractivity contribution in [1.29, 1.82) is 0 Å². The first-order valence-corrected chi connectivity index (χ1v) is 12.6. The fourth-order valence-corrected chi connectivity index (χ4v) is 4.85. The van der Waals surface area contributed by atoms with Gasteiger partial charge in [-0.05, 0) is 64.1 Å². The number of carbonyl (C=O) groups is 3. The van der Waals surface area contributed by atoms with Crippen molar-refractivity contribution in [3.8, 4) is 11.1 Å². The van der Waals surface area contributed by atoms with Gasteiger partial charge in [-0.1, -0.05) is 72.8 Å². The van der Waals surface area contributed by atoms with Crippen LogP contribution >= 0.6 is 0 Å². The van der Waals surface area contributed by atoms with E-state index < -0.39 is 18.1 Å². The fourth-order valence-electron chi connectivity index (χ4n) is 4.85. The third kappa shape index (κ3) is 5.38. The van der Waals surface area contributed by atoms with Crippen molar-refractivity contribution in [2.45, 2.75) is 19.1 Å². The molecule has 2 amide bonds. The second kappa shape index (κ2) is 11.2. The fraction of sp³-hybridized carbons (Fsp3) is 0.156. The topological polar surface area (TPSA) is 84.9 Å². The van der Waals surface area contributed by atoms with Crippen LogP contribution in [0.25, 0.3) is 11.1 Å². The standard InChI is InChI=1S/C32H28N2O5/c1-34(25-17-15-22(16-18-25)31(36)38-2)30(35)29(21-9-4-3-5-10-21)33-32(37)39-20-24-12-8-14-27-26-13-7-6-11-23(26)19-28(24)27/h3-18,29H,19-20H2,1-2H3,(H,33,37)/t29-/m0/s1. The van der Waals surface area contributed by atoms with Crippen LogP contribution in [0.3, 0.4) is 0 Å². The maximum absolute atomic E-state index is 13.6. The lowest BCUT2D eigenvalue weighted by Gasteiger charge is -2.25. The highest BCUT2D eigenvalue weighted by molar-refractivity contribution is 5.99. The quantitative estimate of drug-likeness (QED) is 0.279. The molecule has 0 spiro atoms. The summed E-state index contributed by atoms with van der Waals surface area (Å²) in [5.74, 6) is -0.824. The average molecular weight is 521 g/mol. The number of nitrogens with one attached hydrogen (secondary N) is 1. The zero-order chi connectivity index (χ0) is 27.4. The minimum atomic E-state index is -0.977. The molecule has 0 fully saturated rings. The number of alkyl carbamates (subject to hydrolysis) is 1. The third-order valence-corrected chi connectivity index (χ3v) is 6.95. The number of anilines is 1. The Bertz CT molecular complexity index is 1520. The molecule has 5 rings (SSSR count). The van der Waals surface area contributed by atoms with E-state index in [1.54, 1.807) is 55.6 Å². The Morgan fingerprint density at radius 1 is 0.846 bits per heavy atom. The molecule has 0 radical (unpaired) electrons. The van der Waals surface area contributed by atoms with Crippen LogP contribution in [-0.2, 0) is 27.3 Å². The summed E-state index contributed by atoms with van der Waals surface area (Å²) >= 11 is 0. The zero-order valence-corrected chi connectivity index (χ0v) is 21.7. The van der Waals surface area contributed by atoms with Gasteiger partial charge in [0.05, 0.1) is 12.7 Å². The van der Waals surface area contributed by atoms with Gasteiger partial charge in [-0.3, -0.25) is 4.79 Å². The van der Waals surface area contributed by atoms with Gasteiger partial charge in [0.15, 0.2) is 0 Å². The van der Waals surface area contributed by atoms with Gasteiger partial charge < -0.3 is 19.7 Å². The number of carbonyl (C=O) groups excluding carboxylic acids is 3. The van der Waals surface area contributed by atoms with E-state index in [1.165, 1.54) is 23.1 Å². The van der Waals surface area contributed by atoms with Gasteiger partial charge in [0, 0.05) is 12.7 Å². The summed E-state index contributed by atoms with van der Waals surface area (Å²) in [4.78, 5) is 39.7. The first-order chi connectivity index (χ1) is 19.0. The van der Waals surface area contributed by atoms with Crippen molar-refractivity contribution in [3.05, 3.63) is 125 Å².